The summed E-state index contributed by atoms with van der Waals surface area (Å²) in [6, 6.07) is 1.43. The van der Waals surface area contributed by atoms with Gasteiger partial charge in [0.05, 0.1) is 10.6 Å². The van der Waals surface area contributed by atoms with Crippen LogP contribution in [0.25, 0.3) is 0 Å². The summed E-state index contributed by atoms with van der Waals surface area (Å²) in [5.74, 6) is -1.31. The molecule has 0 bridgehead atoms. The molecule has 0 aliphatic carbocycles. The first-order valence-corrected chi connectivity index (χ1v) is 4.92. The van der Waals surface area contributed by atoms with Crippen LogP contribution in [0.15, 0.2) is 6.07 Å². The minimum Gasteiger partial charge on any atom is -0.477 e. The topological polar surface area (TPSA) is 80.4 Å². The van der Waals surface area contributed by atoms with Crippen LogP contribution in [-0.4, -0.2) is 16.9 Å². The predicted molar refractivity (Wildman–Crippen MR) is 54.9 cm³/mol. The molecule has 1 aromatic heterocycles. The minimum atomic E-state index is -1.09. The predicted octanol–water partition coefficient (Wildman–Crippen LogP) is 1.87. The summed E-state index contributed by atoms with van der Waals surface area (Å²) >= 11 is 0.930. The first-order valence-electron chi connectivity index (χ1n) is 4.10. The van der Waals surface area contributed by atoms with Gasteiger partial charge in [-0.25, -0.2) is 4.79 Å². The Balaban J connectivity index is 3.09. The number of carbonyl (C=O) groups excluding carboxylic acids is 1. The Bertz CT molecular complexity index is 381. The van der Waals surface area contributed by atoms with Gasteiger partial charge >= 0.3 is 5.97 Å². The summed E-state index contributed by atoms with van der Waals surface area (Å²) in [6.45, 7) is 3.53. The van der Waals surface area contributed by atoms with Gasteiger partial charge in [-0.1, -0.05) is 13.8 Å². The molecule has 4 nitrogen and oxygen atoms in total. The average Bonchev–Trinajstić information content (AvgIpc) is 2.45. The maximum Gasteiger partial charge on any atom is 0.348 e. The van der Waals surface area contributed by atoms with Gasteiger partial charge in [0.2, 0.25) is 0 Å². The summed E-state index contributed by atoms with van der Waals surface area (Å²) in [6.07, 6.45) is 0. The second-order valence-corrected chi connectivity index (χ2v) is 4.27. The van der Waals surface area contributed by atoms with Crippen molar-refractivity contribution in [2.45, 2.75) is 13.8 Å². The maximum absolute atomic E-state index is 11.5. The van der Waals surface area contributed by atoms with Gasteiger partial charge in [0.15, 0.2) is 5.78 Å². The summed E-state index contributed by atoms with van der Waals surface area (Å²) in [5.41, 5.74) is 5.62. The lowest BCUT2D eigenvalue weighted by molar-refractivity contribution is 0.0703. The number of Topliss-reactive ketones (excluding diaryl/α,β-unsaturated/α-hetero) is 1. The van der Waals surface area contributed by atoms with Gasteiger partial charge in [-0.15, -0.1) is 11.3 Å². The zero-order valence-electron chi connectivity index (χ0n) is 7.90. The van der Waals surface area contributed by atoms with Crippen molar-refractivity contribution < 1.29 is 14.7 Å². The Hall–Kier alpha value is -1.36. The van der Waals surface area contributed by atoms with Crippen molar-refractivity contribution in [3.63, 3.8) is 0 Å². The van der Waals surface area contributed by atoms with E-state index in [1.807, 2.05) is 0 Å². The van der Waals surface area contributed by atoms with E-state index >= 15 is 0 Å². The number of nitrogen functional groups attached to an aromatic ring is 1. The minimum absolute atomic E-state index is 0.0361. The van der Waals surface area contributed by atoms with Gasteiger partial charge in [0.1, 0.15) is 4.88 Å². The molecule has 14 heavy (non-hydrogen) atoms. The van der Waals surface area contributed by atoms with Crippen LogP contribution in [0.3, 0.4) is 0 Å². The SMILES string of the molecule is CC(C)C(=O)c1cc(N)c(C(=O)O)s1. The lowest BCUT2D eigenvalue weighted by Crippen LogP contribution is -2.04. The van der Waals surface area contributed by atoms with E-state index in [4.69, 9.17) is 10.8 Å². The van der Waals surface area contributed by atoms with Gasteiger partial charge in [0.25, 0.3) is 0 Å². The zero-order chi connectivity index (χ0) is 10.9. The smallest absolute Gasteiger partial charge is 0.348 e. The number of anilines is 1. The van der Waals surface area contributed by atoms with E-state index in [0.717, 1.165) is 11.3 Å². The Kier molecular flexibility index (Phi) is 2.90. The number of hydrogen-bond acceptors (Lipinski definition) is 4. The second kappa shape index (κ2) is 3.79. The molecule has 0 aromatic carbocycles. The molecule has 0 spiro atoms. The van der Waals surface area contributed by atoms with Crippen molar-refractivity contribution >= 4 is 28.8 Å². The molecule has 0 radical (unpaired) electrons. The van der Waals surface area contributed by atoms with Crippen molar-refractivity contribution in [3.05, 3.63) is 15.8 Å². The molecule has 0 aliphatic heterocycles. The monoisotopic (exact) mass is 213 g/mol. The van der Waals surface area contributed by atoms with Crippen LogP contribution < -0.4 is 5.73 Å². The van der Waals surface area contributed by atoms with E-state index in [1.54, 1.807) is 13.8 Å². The molecule has 0 saturated heterocycles. The van der Waals surface area contributed by atoms with Crippen molar-refractivity contribution in [2.75, 3.05) is 5.73 Å². The maximum atomic E-state index is 11.5. The van der Waals surface area contributed by atoms with Gasteiger partial charge in [-0.2, -0.15) is 0 Å². The molecule has 0 fully saturated rings. The van der Waals surface area contributed by atoms with E-state index in [2.05, 4.69) is 0 Å². The Morgan fingerprint density at radius 1 is 1.50 bits per heavy atom. The number of ketones is 1. The quantitative estimate of drug-likeness (QED) is 0.751. The normalized spacial score (nSPS) is 10.5. The number of nitrogens with two attached hydrogens (primary N) is 1. The third kappa shape index (κ3) is 1.93. The fourth-order valence-electron chi connectivity index (χ4n) is 0.978. The highest BCUT2D eigenvalue weighted by atomic mass is 32.1. The highest BCUT2D eigenvalue weighted by Crippen LogP contribution is 2.26. The second-order valence-electron chi connectivity index (χ2n) is 3.22. The van der Waals surface area contributed by atoms with Crippen molar-refractivity contribution in [1.82, 2.24) is 0 Å². The van der Waals surface area contributed by atoms with Crippen molar-refractivity contribution in [1.29, 1.82) is 0 Å². The fraction of sp³-hybridized carbons (Fsp3) is 0.333. The summed E-state index contributed by atoms with van der Waals surface area (Å²) in [4.78, 5) is 22.6. The summed E-state index contributed by atoms with van der Waals surface area (Å²) < 4.78 is 0. The van der Waals surface area contributed by atoms with Crippen LogP contribution in [0.1, 0.15) is 33.2 Å². The lowest BCUT2D eigenvalue weighted by atomic mass is 10.1. The van der Waals surface area contributed by atoms with Crippen LogP contribution in [0.4, 0.5) is 5.69 Å². The number of rotatable bonds is 3. The number of carboxylic acids is 1. The van der Waals surface area contributed by atoms with Crippen LogP contribution >= 0.6 is 11.3 Å². The van der Waals surface area contributed by atoms with Gasteiger partial charge < -0.3 is 10.8 Å². The fourth-order valence-corrected chi connectivity index (χ4v) is 1.98. The van der Waals surface area contributed by atoms with E-state index in [1.165, 1.54) is 6.07 Å². The lowest BCUT2D eigenvalue weighted by Gasteiger charge is -1.98. The molecule has 0 saturated carbocycles. The van der Waals surface area contributed by atoms with Gasteiger partial charge in [0, 0.05) is 5.92 Å². The van der Waals surface area contributed by atoms with E-state index in [9.17, 15) is 9.59 Å². The third-order valence-corrected chi connectivity index (χ3v) is 2.88. The summed E-state index contributed by atoms with van der Waals surface area (Å²) in [7, 11) is 0. The molecule has 1 aromatic rings. The molecule has 0 atom stereocenters. The van der Waals surface area contributed by atoms with Crippen LogP contribution in [0.2, 0.25) is 0 Å². The van der Waals surface area contributed by atoms with E-state index in [0.29, 0.717) is 4.88 Å². The Morgan fingerprint density at radius 3 is 2.43 bits per heavy atom. The van der Waals surface area contributed by atoms with E-state index < -0.39 is 5.97 Å². The molecule has 1 rings (SSSR count). The zero-order valence-corrected chi connectivity index (χ0v) is 8.72. The van der Waals surface area contributed by atoms with Crippen LogP contribution in [0.5, 0.6) is 0 Å². The first kappa shape index (κ1) is 10.7. The number of aromatic carboxylic acids is 1. The number of hydrogen-bond donors (Lipinski definition) is 2. The van der Waals surface area contributed by atoms with Gasteiger partial charge in [-0.3, -0.25) is 4.79 Å². The first-order chi connectivity index (χ1) is 6.43. The highest BCUT2D eigenvalue weighted by Gasteiger charge is 2.18. The van der Waals surface area contributed by atoms with Crippen molar-refractivity contribution in [2.24, 2.45) is 5.92 Å². The standard InChI is InChI=1S/C9H11NO3S/c1-4(2)7(11)6-3-5(10)8(14-6)9(12)13/h3-4H,10H2,1-2H3,(H,12,13). The summed E-state index contributed by atoms with van der Waals surface area (Å²) in [5, 5.41) is 8.72. The van der Waals surface area contributed by atoms with Crippen LogP contribution in [0, 0.1) is 5.92 Å². The average molecular weight is 213 g/mol. The molecule has 0 unspecified atom stereocenters. The third-order valence-electron chi connectivity index (χ3n) is 1.72. The largest absolute Gasteiger partial charge is 0.477 e. The van der Waals surface area contributed by atoms with Crippen molar-refractivity contribution in [3.8, 4) is 0 Å². The van der Waals surface area contributed by atoms with Gasteiger partial charge in [-0.05, 0) is 6.07 Å². The molecule has 1 heterocycles. The van der Waals surface area contributed by atoms with Crippen LogP contribution in [-0.2, 0) is 0 Å². The molecule has 0 amide bonds. The number of thiophene rings is 1. The Morgan fingerprint density at radius 2 is 2.07 bits per heavy atom. The molecular weight excluding hydrogens is 202 g/mol. The molecule has 3 N–H and O–H groups in total. The Labute approximate surface area is 85.4 Å². The molecular formula is C9H11NO3S. The number of carboxylic acid groups (broad SMARTS) is 1. The number of carbonyl (C=O) groups is 2. The molecule has 5 heteroatoms. The molecule has 0 aliphatic rings. The van der Waals surface area contributed by atoms with E-state index in [-0.39, 0.29) is 22.3 Å². The molecule has 76 valence electrons. The highest BCUT2D eigenvalue weighted by molar-refractivity contribution is 7.16.